The Bertz CT molecular complexity index is 359. The van der Waals surface area contributed by atoms with Crippen molar-refractivity contribution in [1.29, 1.82) is 0 Å². The van der Waals surface area contributed by atoms with Gasteiger partial charge in [0, 0.05) is 13.2 Å². The van der Waals surface area contributed by atoms with Crippen molar-refractivity contribution in [3.63, 3.8) is 0 Å². The highest BCUT2D eigenvalue weighted by atomic mass is 28.3. The third-order valence-corrected chi connectivity index (χ3v) is 4.46. The third-order valence-electron chi connectivity index (χ3n) is 3.06. The fraction of sp³-hybridized carbons (Fsp3) is 0.647. The monoisotopic (exact) mass is 293 g/mol. The molecule has 0 fully saturated rings. The summed E-state index contributed by atoms with van der Waals surface area (Å²) in [7, 11) is -1.11. The summed E-state index contributed by atoms with van der Waals surface area (Å²) in [5.41, 5.74) is 1.37. The molecule has 20 heavy (non-hydrogen) atoms. The molecule has 0 bridgehead atoms. The number of hydrogen-bond donors (Lipinski definition) is 0. The Balaban J connectivity index is 2.48. The smallest absolute Gasteiger partial charge is 0.0990 e. The molecule has 3 heteroatoms. The fourth-order valence-corrected chi connectivity index (χ4v) is 3.72. The van der Waals surface area contributed by atoms with Crippen molar-refractivity contribution in [2.75, 3.05) is 19.5 Å². The van der Waals surface area contributed by atoms with Gasteiger partial charge in [0.25, 0.3) is 0 Å². The van der Waals surface area contributed by atoms with Crippen LogP contribution in [-0.4, -0.2) is 32.5 Å². The number of ether oxygens (including phenoxy) is 1. The van der Waals surface area contributed by atoms with Gasteiger partial charge < -0.3 is 4.74 Å². The van der Waals surface area contributed by atoms with Crippen molar-refractivity contribution in [3.8, 4) is 0 Å². The number of rotatable bonds is 9. The molecule has 0 aliphatic carbocycles. The molecule has 0 aliphatic heterocycles. The SMILES string of the molecule is CC(C)CCOCN(Cc1ccccc1)C[Si](C)(C)C. The molecule has 0 amide bonds. The summed E-state index contributed by atoms with van der Waals surface area (Å²) in [5.74, 6) is 0.717. The van der Waals surface area contributed by atoms with Crippen LogP contribution in [0, 0.1) is 5.92 Å². The van der Waals surface area contributed by atoms with Gasteiger partial charge in [-0.3, -0.25) is 4.90 Å². The van der Waals surface area contributed by atoms with E-state index < -0.39 is 8.07 Å². The Hall–Kier alpha value is -0.643. The molecule has 0 heterocycles. The first-order chi connectivity index (χ1) is 9.37. The lowest BCUT2D eigenvalue weighted by molar-refractivity contribution is 0.0282. The summed E-state index contributed by atoms with van der Waals surface area (Å²) in [6.45, 7) is 14.4. The predicted molar refractivity (Wildman–Crippen MR) is 90.5 cm³/mol. The summed E-state index contributed by atoms with van der Waals surface area (Å²) in [6.07, 6.45) is 2.33. The second-order valence-electron chi connectivity index (χ2n) is 7.25. The van der Waals surface area contributed by atoms with Crippen molar-refractivity contribution in [1.82, 2.24) is 4.90 Å². The molecule has 0 aromatic heterocycles. The number of nitrogens with zero attached hydrogens (tertiary/aromatic N) is 1. The van der Waals surface area contributed by atoms with Gasteiger partial charge in [-0.05, 0) is 24.1 Å². The van der Waals surface area contributed by atoms with E-state index in [9.17, 15) is 0 Å². The Morgan fingerprint density at radius 1 is 1.10 bits per heavy atom. The lowest BCUT2D eigenvalue weighted by atomic mass is 10.1. The minimum Gasteiger partial charge on any atom is -0.366 e. The van der Waals surface area contributed by atoms with Gasteiger partial charge in [-0.15, -0.1) is 0 Å². The van der Waals surface area contributed by atoms with Crippen LogP contribution in [0.2, 0.25) is 19.6 Å². The molecule has 0 aliphatic rings. The Morgan fingerprint density at radius 3 is 2.30 bits per heavy atom. The molecule has 2 nitrogen and oxygen atoms in total. The minimum absolute atomic E-state index is 0.717. The van der Waals surface area contributed by atoms with E-state index in [-0.39, 0.29) is 0 Å². The van der Waals surface area contributed by atoms with Crippen LogP contribution in [-0.2, 0) is 11.3 Å². The standard InChI is InChI=1S/C17H31NOSi/c1-16(2)11-12-19-14-18(15-20(3,4)5)13-17-9-7-6-8-10-17/h6-10,16H,11-15H2,1-5H3. The molecule has 0 N–H and O–H groups in total. The van der Waals surface area contributed by atoms with Crippen molar-refractivity contribution in [3.05, 3.63) is 35.9 Å². The minimum atomic E-state index is -1.11. The van der Waals surface area contributed by atoms with Gasteiger partial charge in [-0.2, -0.15) is 0 Å². The fourth-order valence-electron chi connectivity index (χ4n) is 2.17. The molecule has 1 aromatic carbocycles. The van der Waals surface area contributed by atoms with Crippen LogP contribution in [0.15, 0.2) is 30.3 Å². The van der Waals surface area contributed by atoms with Gasteiger partial charge >= 0.3 is 0 Å². The van der Waals surface area contributed by atoms with Crippen LogP contribution >= 0.6 is 0 Å². The quantitative estimate of drug-likeness (QED) is 0.380. The molecule has 0 atom stereocenters. The van der Waals surface area contributed by atoms with E-state index in [1.165, 1.54) is 11.7 Å². The summed E-state index contributed by atoms with van der Waals surface area (Å²) in [4.78, 5) is 2.46. The van der Waals surface area contributed by atoms with E-state index in [1.807, 2.05) is 0 Å². The van der Waals surface area contributed by atoms with Gasteiger partial charge in [0.1, 0.15) is 0 Å². The third kappa shape index (κ3) is 8.51. The lowest BCUT2D eigenvalue weighted by Gasteiger charge is -2.28. The van der Waals surface area contributed by atoms with Crippen LogP contribution in [0.1, 0.15) is 25.8 Å². The van der Waals surface area contributed by atoms with E-state index in [2.05, 4.69) is 68.7 Å². The van der Waals surface area contributed by atoms with Crippen molar-refractivity contribution in [2.24, 2.45) is 5.92 Å². The maximum Gasteiger partial charge on any atom is 0.0990 e. The average Bonchev–Trinajstić information content (AvgIpc) is 2.33. The topological polar surface area (TPSA) is 12.5 Å². The maximum absolute atomic E-state index is 5.87. The highest BCUT2D eigenvalue weighted by molar-refractivity contribution is 6.76. The van der Waals surface area contributed by atoms with Gasteiger partial charge in [0.05, 0.1) is 14.8 Å². The van der Waals surface area contributed by atoms with Crippen LogP contribution in [0.5, 0.6) is 0 Å². The molecule has 0 saturated carbocycles. The summed E-state index contributed by atoms with van der Waals surface area (Å²) in [6, 6.07) is 10.7. The lowest BCUT2D eigenvalue weighted by Crippen LogP contribution is -2.41. The Kier molecular flexibility index (Phi) is 7.49. The molecule has 0 spiro atoms. The van der Waals surface area contributed by atoms with E-state index in [0.717, 1.165) is 32.2 Å². The van der Waals surface area contributed by atoms with E-state index >= 15 is 0 Å². The Labute approximate surface area is 126 Å². The van der Waals surface area contributed by atoms with Crippen molar-refractivity contribution in [2.45, 2.75) is 46.5 Å². The first-order valence-corrected chi connectivity index (χ1v) is 11.4. The summed E-state index contributed by atoms with van der Waals surface area (Å²) < 4.78 is 5.87. The zero-order chi connectivity index (χ0) is 15.0. The van der Waals surface area contributed by atoms with E-state index in [4.69, 9.17) is 4.74 Å². The zero-order valence-corrected chi connectivity index (χ0v) is 14.9. The first-order valence-electron chi connectivity index (χ1n) is 7.71. The molecule has 1 rings (SSSR count). The van der Waals surface area contributed by atoms with Gasteiger partial charge in [-0.25, -0.2) is 0 Å². The van der Waals surface area contributed by atoms with Crippen LogP contribution in [0.4, 0.5) is 0 Å². The Morgan fingerprint density at radius 2 is 1.75 bits per heavy atom. The molecule has 0 radical (unpaired) electrons. The molecular formula is C17H31NOSi. The first kappa shape index (κ1) is 17.4. The molecule has 0 saturated heterocycles. The van der Waals surface area contributed by atoms with Gasteiger partial charge in [-0.1, -0.05) is 63.8 Å². The van der Waals surface area contributed by atoms with Gasteiger partial charge in [0.2, 0.25) is 0 Å². The van der Waals surface area contributed by atoms with Crippen LogP contribution in [0.3, 0.4) is 0 Å². The maximum atomic E-state index is 5.87. The highest BCUT2D eigenvalue weighted by Crippen LogP contribution is 2.10. The average molecular weight is 294 g/mol. The number of hydrogen-bond acceptors (Lipinski definition) is 2. The van der Waals surface area contributed by atoms with Crippen LogP contribution < -0.4 is 0 Å². The van der Waals surface area contributed by atoms with E-state index in [0.29, 0.717) is 0 Å². The zero-order valence-electron chi connectivity index (χ0n) is 13.9. The molecule has 0 unspecified atom stereocenters. The van der Waals surface area contributed by atoms with Crippen molar-refractivity contribution < 1.29 is 4.74 Å². The predicted octanol–water partition coefficient (Wildman–Crippen LogP) is 4.39. The highest BCUT2D eigenvalue weighted by Gasteiger charge is 2.18. The number of benzene rings is 1. The molecule has 114 valence electrons. The van der Waals surface area contributed by atoms with E-state index in [1.54, 1.807) is 0 Å². The summed E-state index contributed by atoms with van der Waals surface area (Å²) >= 11 is 0. The molecule has 1 aromatic rings. The normalized spacial score (nSPS) is 12.3. The van der Waals surface area contributed by atoms with Gasteiger partial charge in [0.15, 0.2) is 0 Å². The summed E-state index contributed by atoms with van der Waals surface area (Å²) in [5, 5.41) is 0. The molecular weight excluding hydrogens is 262 g/mol. The second-order valence-corrected chi connectivity index (χ2v) is 12.7. The largest absolute Gasteiger partial charge is 0.366 e. The van der Waals surface area contributed by atoms with Crippen LogP contribution in [0.25, 0.3) is 0 Å². The van der Waals surface area contributed by atoms with Crippen molar-refractivity contribution >= 4 is 8.07 Å². The second kappa shape index (κ2) is 8.60.